The van der Waals surface area contributed by atoms with Crippen LogP contribution in [0.15, 0.2) is 29.8 Å². The monoisotopic (exact) mass is 226 g/mol. The summed E-state index contributed by atoms with van der Waals surface area (Å²) in [7, 11) is 1.52. The van der Waals surface area contributed by atoms with Crippen LogP contribution in [0.2, 0.25) is 0 Å². The van der Waals surface area contributed by atoms with E-state index in [1.807, 2.05) is 0 Å². The highest BCUT2D eigenvalue weighted by atomic mass is 35.5. The summed E-state index contributed by atoms with van der Waals surface area (Å²) >= 11 is 5.35. The van der Waals surface area contributed by atoms with Crippen LogP contribution in [0.3, 0.4) is 0 Å². The molecule has 0 unspecified atom stereocenters. The Morgan fingerprint density at radius 2 is 2.20 bits per heavy atom. The Bertz CT molecular complexity index is 361. The Kier molecular flexibility index (Phi) is 4.71. The molecule has 0 amide bonds. The molecule has 15 heavy (non-hydrogen) atoms. The number of rotatable bonds is 5. The second kappa shape index (κ2) is 6.09. The summed E-state index contributed by atoms with van der Waals surface area (Å²) in [4.78, 5) is 10.5. The van der Waals surface area contributed by atoms with Crippen molar-refractivity contribution in [2.45, 2.75) is 0 Å². The van der Waals surface area contributed by atoms with Gasteiger partial charge in [0.25, 0.3) is 0 Å². The molecule has 4 heteroatoms. The van der Waals surface area contributed by atoms with Gasteiger partial charge in [-0.2, -0.15) is 0 Å². The van der Waals surface area contributed by atoms with Crippen molar-refractivity contribution < 1.29 is 14.3 Å². The number of hydrogen-bond acceptors (Lipinski definition) is 3. The predicted octanol–water partition coefficient (Wildman–Crippen LogP) is 2.64. The van der Waals surface area contributed by atoms with Crippen molar-refractivity contribution in [1.82, 2.24) is 0 Å². The Balaban J connectivity index is 2.82. The minimum Gasteiger partial charge on any atom is -0.493 e. The number of ether oxygens (including phenoxy) is 2. The SMILES string of the molecule is COc1cc(C=O)ccc1OC/C=C/Cl. The quantitative estimate of drug-likeness (QED) is 0.724. The smallest absolute Gasteiger partial charge is 0.161 e. The zero-order chi connectivity index (χ0) is 11.1. The van der Waals surface area contributed by atoms with Gasteiger partial charge in [-0.3, -0.25) is 4.79 Å². The van der Waals surface area contributed by atoms with Crippen molar-refractivity contribution in [1.29, 1.82) is 0 Å². The maximum absolute atomic E-state index is 10.5. The van der Waals surface area contributed by atoms with E-state index >= 15 is 0 Å². The van der Waals surface area contributed by atoms with Crippen LogP contribution in [0.25, 0.3) is 0 Å². The van der Waals surface area contributed by atoms with Gasteiger partial charge in [-0.15, -0.1) is 0 Å². The van der Waals surface area contributed by atoms with Gasteiger partial charge < -0.3 is 9.47 Å². The lowest BCUT2D eigenvalue weighted by atomic mass is 10.2. The second-order valence-electron chi connectivity index (χ2n) is 2.70. The number of carbonyl (C=O) groups is 1. The highest BCUT2D eigenvalue weighted by molar-refractivity contribution is 6.25. The molecule has 1 aromatic carbocycles. The highest BCUT2D eigenvalue weighted by Crippen LogP contribution is 2.27. The molecule has 3 nitrogen and oxygen atoms in total. The first kappa shape index (κ1) is 11.6. The minimum atomic E-state index is 0.361. The molecule has 0 saturated heterocycles. The molecule has 0 aromatic heterocycles. The van der Waals surface area contributed by atoms with Crippen LogP contribution in [0.1, 0.15) is 10.4 Å². The second-order valence-corrected chi connectivity index (χ2v) is 2.95. The lowest BCUT2D eigenvalue weighted by Gasteiger charge is -2.08. The molecule has 0 atom stereocenters. The standard InChI is InChI=1S/C11H11ClO3/c1-14-11-7-9(8-13)3-4-10(11)15-6-2-5-12/h2-5,7-8H,6H2,1H3/b5-2+. The van der Waals surface area contributed by atoms with E-state index in [-0.39, 0.29) is 0 Å². The third-order valence-corrected chi connectivity index (χ3v) is 1.93. The van der Waals surface area contributed by atoms with Gasteiger partial charge in [-0.25, -0.2) is 0 Å². The van der Waals surface area contributed by atoms with Crippen LogP contribution in [0.4, 0.5) is 0 Å². The molecule has 0 heterocycles. The third kappa shape index (κ3) is 3.29. The lowest BCUT2D eigenvalue weighted by Crippen LogP contribution is -1.97. The summed E-state index contributed by atoms with van der Waals surface area (Å²) in [5.74, 6) is 1.11. The molecule has 1 rings (SSSR count). The number of aldehydes is 1. The molecular weight excluding hydrogens is 216 g/mol. The van der Waals surface area contributed by atoms with Crippen LogP contribution < -0.4 is 9.47 Å². The van der Waals surface area contributed by atoms with Crippen molar-refractivity contribution in [2.75, 3.05) is 13.7 Å². The minimum absolute atomic E-state index is 0.361. The van der Waals surface area contributed by atoms with Crippen LogP contribution in [0.5, 0.6) is 11.5 Å². The van der Waals surface area contributed by atoms with Gasteiger partial charge in [0.1, 0.15) is 12.9 Å². The first-order valence-electron chi connectivity index (χ1n) is 4.33. The Hall–Kier alpha value is -1.48. The van der Waals surface area contributed by atoms with E-state index in [4.69, 9.17) is 21.1 Å². The number of methoxy groups -OCH3 is 1. The summed E-state index contributed by atoms with van der Waals surface area (Å²) in [6.07, 6.45) is 2.42. The summed E-state index contributed by atoms with van der Waals surface area (Å²) in [5.41, 5.74) is 1.93. The first-order valence-corrected chi connectivity index (χ1v) is 4.76. The molecule has 0 aliphatic carbocycles. The fourth-order valence-electron chi connectivity index (χ4n) is 1.05. The van der Waals surface area contributed by atoms with Crippen molar-refractivity contribution in [3.63, 3.8) is 0 Å². The van der Waals surface area contributed by atoms with Crippen molar-refractivity contribution in [3.8, 4) is 11.5 Å². The Morgan fingerprint density at radius 3 is 2.80 bits per heavy atom. The van der Waals surface area contributed by atoms with Crippen molar-refractivity contribution >= 4 is 17.9 Å². The number of halogens is 1. The normalized spacial score (nSPS) is 10.3. The van der Waals surface area contributed by atoms with E-state index in [1.54, 1.807) is 24.3 Å². The molecule has 0 aliphatic heterocycles. The Morgan fingerprint density at radius 1 is 1.40 bits per heavy atom. The van der Waals surface area contributed by atoms with Gasteiger partial charge in [-0.05, 0) is 24.3 Å². The zero-order valence-electron chi connectivity index (χ0n) is 8.27. The van der Waals surface area contributed by atoms with E-state index in [9.17, 15) is 4.79 Å². The molecule has 80 valence electrons. The molecule has 0 aliphatic rings. The van der Waals surface area contributed by atoms with Crippen LogP contribution in [0, 0.1) is 0 Å². The molecule has 0 bridgehead atoms. The average molecular weight is 227 g/mol. The van der Waals surface area contributed by atoms with Gasteiger partial charge in [0.2, 0.25) is 0 Å². The van der Waals surface area contributed by atoms with Crippen molar-refractivity contribution in [3.05, 3.63) is 35.4 Å². The molecule has 1 aromatic rings. The average Bonchev–Trinajstić information content (AvgIpc) is 2.29. The largest absolute Gasteiger partial charge is 0.493 e. The Labute approximate surface area is 93.3 Å². The molecule has 0 spiro atoms. The molecule has 0 radical (unpaired) electrons. The van der Waals surface area contributed by atoms with Crippen LogP contribution in [-0.2, 0) is 0 Å². The molecule has 0 fully saturated rings. The van der Waals surface area contributed by atoms with E-state index < -0.39 is 0 Å². The van der Waals surface area contributed by atoms with Gasteiger partial charge in [0.05, 0.1) is 7.11 Å². The summed E-state index contributed by atoms with van der Waals surface area (Å²) in [6, 6.07) is 4.96. The number of carbonyl (C=O) groups excluding carboxylic acids is 1. The van der Waals surface area contributed by atoms with E-state index in [1.165, 1.54) is 12.6 Å². The highest BCUT2D eigenvalue weighted by Gasteiger charge is 2.04. The van der Waals surface area contributed by atoms with E-state index in [0.29, 0.717) is 23.7 Å². The predicted molar refractivity (Wildman–Crippen MR) is 58.9 cm³/mol. The van der Waals surface area contributed by atoms with Gasteiger partial charge >= 0.3 is 0 Å². The third-order valence-electron chi connectivity index (χ3n) is 1.75. The number of benzene rings is 1. The lowest BCUT2D eigenvalue weighted by molar-refractivity contribution is 0.112. The first-order chi connectivity index (χ1) is 7.31. The van der Waals surface area contributed by atoms with E-state index in [0.717, 1.165) is 6.29 Å². The fourth-order valence-corrected chi connectivity index (χ4v) is 1.12. The fraction of sp³-hybridized carbons (Fsp3) is 0.182. The topological polar surface area (TPSA) is 35.5 Å². The van der Waals surface area contributed by atoms with E-state index in [2.05, 4.69) is 0 Å². The van der Waals surface area contributed by atoms with Crippen LogP contribution >= 0.6 is 11.6 Å². The molecule has 0 saturated carbocycles. The van der Waals surface area contributed by atoms with Crippen molar-refractivity contribution in [2.24, 2.45) is 0 Å². The van der Waals surface area contributed by atoms with Gasteiger partial charge in [0, 0.05) is 11.1 Å². The molecule has 0 N–H and O–H groups in total. The zero-order valence-corrected chi connectivity index (χ0v) is 9.03. The summed E-state index contributed by atoms with van der Waals surface area (Å²) in [6.45, 7) is 0.361. The molecular formula is C11H11ClO3. The summed E-state index contributed by atoms with van der Waals surface area (Å²) < 4.78 is 10.4. The maximum atomic E-state index is 10.5. The summed E-state index contributed by atoms with van der Waals surface area (Å²) in [5, 5.41) is 0. The van der Waals surface area contributed by atoms with Gasteiger partial charge in [-0.1, -0.05) is 11.6 Å². The maximum Gasteiger partial charge on any atom is 0.161 e. The van der Waals surface area contributed by atoms with Crippen LogP contribution in [-0.4, -0.2) is 20.0 Å². The number of hydrogen-bond donors (Lipinski definition) is 0. The van der Waals surface area contributed by atoms with Gasteiger partial charge in [0.15, 0.2) is 11.5 Å².